The van der Waals surface area contributed by atoms with E-state index in [1.165, 1.54) is 11.8 Å². The van der Waals surface area contributed by atoms with Crippen molar-refractivity contribution in [2.45, 2.75) is 17.7 Å². The van der Waals surface area contributed by atoms with E-state index in [1.54, 1.807) is 13.2 Å². The summed E-state index contributed by atoms with van der Waals surface area (Å²) < 4.78 is 33.4. The Bertz CT molecular complexity index is 667. The third-order valence-corrected chi connectivity index (χ3v) is 5.72. The SMILES string of the molecule is COCSC1=NS(=O)(=O)c2cc(N3CCCC3)ccc2N1. The molecule has 2 aliphatic heterocycles. The van der Waals surface area contributed by atoms with Gasteiger partial charge in [-0.3, -0.25) is 0 Å². The third-order valence-electron chi connectivity index (χ3n) is 3.47. The van der Waals surface area contributed by atoms with Gasteiger partial charge in [0, 0.05) is 25.9 Å². The second-order valence-electron chi connectivity index (χ2n) is 4.92. The summed E-state index contributed by atoms with van der Waals surface area (Å²) >= 11 is 1.22. The molecule has 1 saturated heterocycles. The number of nitrogens with one attached hydrogen (secondary N) is 1. The lowest BCUT2D eigenvalue weighted by molar-refractivity contribution is 0.259. The van der Waals surface area contributed by atoms with Crippen molar-refractivity contribution in [1.29, 1.82) is 0 Å². The maximum atomic E-state index is 12.3. The Balaban J connectivity index is 1.92. The van der Waals surface area contributed by atoms with Gasteiger partial charge < -0.3 is 15.0 Å². The van der Waals surface area contributed by atoms with E-state index in [0.29, 0.717) is 16.8 Å². The Morgan fingerprint density at radius 1 is 1.38 bits per heavy atom. The summed E-state index contributed by atoms with van der Waals surface area (Å²) in [5, 5.41) is 3.39. The summed E-state index contributed by atoms with van der Waals surface area (Å²) in [5.41, 5.74) is 1.52. The topological polar surface area (TPSA) is 71.0 Å². The summed E-state index contributed by atoms with van der Waals surface area (Å²) in [6, 6.07) is 5.48. The molecule has 114 valence electrons. The van der Waals surface area contributed by atoms with Gasteiger partial charge in [0.1, 0.15) is 4.90 Å². The van der Waals surface area contributed by atoms with Crippen molar-refractivity contribution in [2.75, 3.05) is 36.4 Å². The van der Waals surface area contributed by atoms with Gasteiger partial charge in [-0.2, -0.15) is 8.42 Å². The van der Waals surface area contributed by atoms with Crippen molar-refractivity contribution in [1.82, 2.24) is 0 Å². The standard InChI is InChI=1S/C13H17N3O3S2/c1-19-9-20-13-14-11-5-4-10(16-6-2-3-7-16)8-12(11)21(17,18)15-13/h4-5,8H,2-3,6-7,9H2,1H3,(H,14,15). The van der Waals surface area contributed by atoms with Crippen LogP contribution in [0.5, 0.6) is 0 Å². The van der Waals surface area contributed by atoms with Gasteiger partial charge in [0.25, 0.3) is 10.0 Å². The van der Waals surface area contributed by atoms with Crippen LogP contribution in [0.25, 0.3) is 0 Å². The number of thioether (sulfide) groups is 1. The molecule has 2 aliphatic rings. The van der Waals surface area contributed by atoms with Gasteiger partial charge in [0.2, 0.25) is 0 Å². The molecule has 0 bridgehead atoms. The highest BCUT2D eigenvalue weighted by molar-refractivity contribution is 8.14. The van der Waals surface area contributed by atoms with E-state index < -0.39 is 10.0 Å². The number of rotatable bonds is 3. The zero-order chi connectivity index (χ0) is 14.9. The molecule has 0 atom stereocenters. The molecule has 0 aromatic heterocycles. The average molecular weight is 327 g/mol. The lowest BCUT2D eigenvalue weighted by Gasteiger charge is -2.22. The minimum absolute atomic E-state index is 0.244. The first-order chi connectivity index (χ1) is 10.1. The summed E-state index contributed by atoms with van der Waals surface area (Å²) in [4.78, 5) is 2.45. The van der Waals surface area contributed by atoms with Gasteiger partial charge in [-0.25, -0.2) is 0 Å². The summed E-state index contributed by atoms with van der Waals surface area (Å²) in [6.07, 6.45) is 2.30. The number of hydrogen-bond donors (Lipinski definition) is 1. The van der Waals surface area contributed by atoms with Crippen LogP contribution in [0.2, 0.25) is 0 Å². The summed E-state index contributed by atoms with van der Waals surface area (Å²) in [7, 11) is -2.09. The van der Waals surface area contributed by atoms with E-state index in [1.807, 2.05) is 12.1 Å². The van der Waals surface area contributed by atoms with Crippen molar-refractivity contribution in [3.63, 3.8) is 0 Å². The maximum absolute atomic E-state index is 12.3. The molecule has 0 unspecified atom stereocenters. The summed E-state index contributed by atoms with van der Waals surface area (Å²) in [6.45, 7) is 1.95. The number of sulfonamides is 1. The van der Waals surface area contributed by atoms with Crippen molar-refractivity contribution in [2.24, 2.45) is 4.40 Å². The first kappa shape index (κ1) is 14.7. The molecule has 1 fully saturated rings. The Hall–Kier alpha value is -1.25. The number of anilines is 2. The third kappa shape index (κ3) is 3.02. The Kier molecular flexibility index (Phi) is 4.10. The molecule has 8 heteroatoms. The van der Waals surface area contributed by atoms with Crippen LogP contribution in [0, 0.1) is 0 Å². The van der Waals surface area contributed by atoms with Gasteiger partial charge in [0.05, 0.1) is 11.6 Å². The molecule has 0 amide bonds. The lowest BCUT2D eigenvalue weighted by Crippen LogP contribution is -2.21. The minimum Gasteiger partial charge on any atom is -0.374 e. The molecule has 0 radical (unpaired) electrons. The smallest absolute Gasteiger partial charge is 0.286 e. The van der Waals surface area contributed by atoms with Crippen LogP contribution in [0.15, 0.2) is 27.5 Å². The van der Waals surface area contributed by atoms with Crippen molar-refractivity contribution in [3.8, 4) is 0 Å². The van der Waals surface area contributed by atoms with Crippen LogP contribution < -0.4 is 10.2 Å². The van der Waals surface area contributed by atoms with E-state index in [2.05, 4.69) is 14.6 Å². The largest absolute Gasteiger partial charge is 0.374 e. The Morgan fingerprint density at radius 3 is 2.86 bits per heavy atom. The van der Waals surface area contributed by atoms with Crippen molar-refractivity contribution in [3.05, 3.63) is 18.2 Å². The van der Waals surface area contributed by atoms with E-state index in [-0.39, 0.29) is 4.90 Å². The normalized spacial score (nSPS) is 19.9. The number of hydrogen-bond acceptors (Lipinski definition) is 6. The molecule has 1 aromatic rings. The molecule has 21 heavy (non-hydrogen) atoms. The van der Waals surface area contributed by atoms with E-state index in [4.69, 9.17) is 4.74 Å². The molecular weight excluding hydrogens is 310 g/mol. The minimum atomic E-state index is -3.65. The average Bonchev–Trinajstić information content (AvgIpc) is 2.98. The second-order valence-corrected chi connectivity index (χ2v) is 7.41. The van der Waals surface area contributed by atoms with Crippen LogP contribution in [-0.4, -0.2) is 39.7 Å². The zero-order valence-electron chi connectivity index (χ0n) is 11.7. The van der Waals surface area contributed by atoms with E-state index in [9.17, 15) is 8.42 Å². The quantitative estimate of drug-likeness (QED) is 0.857. The number of fused-ring (bicyclic) bond motifs is 1. The molecule has 0 saturated carbocycles. The van der Waals surface area contributed by atoms with E-state index in [0.717, 1.165) is 31.6 Å². The Morgan fingerprint density at radius 2 is 2.14 bits per heavy atom. The molecule has 0 aliphatic carbocycles. The number of ether oxygens (including phenoxy) is 1. The molecule has 1 aromatic carbocycles. The highest BCUT2D eigenvalue weighted by Gasteiger charge is 2.26. The number of benzene rings is 1. The monoisotopic (exact) mass is 327 g/mol. The fourth-order valence-corrected chi connectivity index (χ4v) is 4.42. The highest BCUT2D eigenvalue weighted by atomic mass is 32.2. The van der Waals surface area contributed by atoms with Crippen LogP contribution in [0.4, 0.5) is 11.4 Å². The predicted molar refractivity (Wildman–Crippen MR) is 85.6 cm³/mol. The molecule has 1 N–H and O–H groups in total. The number of amidine groups is 1. The number of nitrogens with zero attached hydrogens (tertiary/aromatic N) is 2. The predicted octanol–water partition coefficient (Wildman–Crippen LogP) is 2.09. The molecule has 2 heterocycles. The fourth-order valence-electron chi connectivity index (χ4n) is 2.47. The van der Waals surface area contributed by atoms with Crippen LogP contribution >= 0.6 is 11.8 Å². The number of methoxy groups -OCH3 is 1. The van der Waals surface area contributed by atoms with Crippen LogP contribution in [0.3, 0.4) is 0 Å². The second kappa shape index (κ2) is 5.86. The molecule has 6 nitrogen and oxygen atoms in total. The van der Waals surface area contributed by atoms with Crippen molar-refractivity contribution >= 4 is 38.3 Å². The maximum Gasteiger partial charge on any atom is 0.286 e. The summed E-state index contributed by atoms with van der Waals surface area (Å²) in [5.74, 6) is 0.350. The molecule has 3 rings (SSSR count). The zero-order valence-corrected chi connectivity index (χ0v) is 13.3. The van der Waals surface area contributed by atoms with Gasteiger partial charge in [-0.05, 0) is 31.0 Å². The van der Waals surface area contributed by atoms with Gasteiger partial charge in [0.15, 0.2) is 5.17 Å². The molecule has 0 spiro atoms. The van der Waals surface area contributed by atoms with Crippen LogP contribution in [0.1, 0.15) is 12.8 Å². The van der Waals surface area contributed by atoms with Gasteiger partial charge in [-0.15, -0.1) is 4.40 Å². The van der Waals surface area contributed by atoms with Crippen molar-refractivity contribution < 1.29 is 13.2 Å². The van der Waals surface area contributed by atoms with E-state index >= 15 is 0 Å². The van der Waals surface area contributed by atoms with Gasteiger partial charge in [-0.1, -0.05) is 11.8 Å². The molecular formula is C13H17N3O3S2. The van der Waals surface area contributed by atoms with Gasteiger partial charge >= 0.3 is 0 Å². The lowest BCUT2D eigenvalue weighted by atomic mass is 10.2. The first-order valence-corrected chi connectivity index (χ1v) is 9.15. The Labute approximate surface area is 128 Å². The highest BCUT2D eigenvalue weighted by Crippen LogP contribution is 2.33. The first-order valence-electron chi connectivity index (χ1n) is 6.73. The van der Waals surface area contributed by atoms with Crippen LogP contribution in [-0.2, 0) is 14.8 Å². The fraction of sp³-hybridized carbons (Fsp3) is 0.462.